The van der Waals surface area contributed by atoms with Crippen LogP contribution in [0.15, 0.2) is 0 Å². The third-order valence-electron chi connectivity index (χ3n) is 8.71. The number of phosphoric acid groups is 1. The highest BCUT2D eigenvalue weighted by atomic mass is 31.2. The van der Waals surface area contributed by atoms with Crippen molar-refractivity contribution in [1.82, 2.24) is 5.32 Å². The van der Waals surface area contributed by atoms with Crippen LogP contribution in [0.4, 0.5) is 0 Å². The molecule has 0 aliphatic rings. The van der Waals surface area contributed by atoms with E-state index in [1.54, 1.807) is 0 Å². The molecule has 0 aromatic rings. The standard InChI is InChI=1S/C36H75N2O6P/c1-3-5-7-9-11-13-15-17-19-21-23-25-27-29-35(39)34(33-44-45(41,42)43-32-31-37)38-36(40)30-28-26-24-22-20-18-16-14-12-10-8-6-4-2/h34-35,39H,3-33,37H2,1-2H3,(H,38,40)(H,41,42). The number of nitrogens with one attached hydrogen (secondary N) is 1. The van der Waals surface area contributed by atoms with E-state index in [0.717, 1.165) is 38.5 Å². The van der Waals surface area contributed by atoms with E-state index >= 15 is 0 Å². The number of rotatable bonds is 36. The SMILES string of the molecule is CCCCCCCCCCCCCCCC(=O)NC(COP(=O)(O)OCCN)C(O)CCCCCCCCCCCCCCC. The summed E-state index contributed by atoms with van der Waals surface area (Å²) in [6, 6.07) is -0.765. The Morgan fingerprint density at radius 1 is 0.644 bits per heavy atom. The highest BCUT2D eigenvalue weighted by Crippen LogP contribution is 2.43. The summed E-state index contributed by atoms with van der Waals surface area (Å²) >= 11 is 0. The van der Waals surface area contributed by atoms with Crippen LogP contribution in [0.5, 0.6) is 0 Å². The van der Waals surface area contributed by atoms with E-state index in [4.69, 9.17) is 14.8 Å². The van der Waals surface area contributed by atoms with E-state index in [2.05, 4.69) is 19.2 Å². The first-order chi connectivity index (χ1) is 21.9. The number of aliphatic hydroxyl groups excluding tert-OH is 1. The van der Waals surface area contributed by atoms with Crippen LogP contribution in [0.3, 0.4) is 0 Å². The van der Waals surface area contributed by atoms with Gasteiger partial charge < -0.3 is 21.1 Å². The molecule has 270 valence electrons. The van der Waals surface area contributed by atoms with Crippen molar-refractivity contribution in [3.63, 3.8) is 0 Å². The second kappa shape index (κ2) is 33.4. The number of phosphoric ester groups is 1. The van der Waals surface area contributed by atoms with Crippen LogP contribution in [-0.2, 0) is 18.4 Å². The Hall–Kier alpha value is -0.500. The molecule has 0 bridgehead atoms. The number of carbonyl (C=O) groups is 1. The molecule has 0 fully saturated rings. The molecule has 0 saturated carbocycles. The van der Waals surface area contributed by atoms with Gasteiger partial charge in [-0.15, -0.1) is 0 Å². The van der Waals surface area contributed by atoms with Gasteiger partial charge in [0.1, 0.15) is 0 Å². The molecule has 0 saturated heterocycles. The van der Waals surface area contributed by atoms with E-state index in [1.807, 2.05) is 0 Å². The monoisotopic (exact) mass is 663 g/mol. The molecule has 1 amide bonds. The van der Waals surface area contributed by atoms with Gasteiger partial charge in [-0.1, -0.05) is 174 Å². The van der Waals surface area contributed by atoms with Gasteiger partial charge >= 0.3 is 7.82 Å². The Morgan fingerprint density at radius 2 is 1.02 bits per heavy atom. The fourth-order valence-corrected chi connectivity index (χ4v) is 6.54. The predicted octanol–water partition coefficient (Wildman–Crippen LogP) is 9.89. The van der Waals surface area contributed by atoms with Gasteiger partial charge in [-0.25, -0.2) is 4.57 Å². The molecular weight excluding hydrogens is 587 g/mol. The van der Waals surface area contributed by atoms with E-state index in [9.17, 15) is 19.4 Å². The minimum Gasteiger partial charge on any atom is -0.391 e. The highest BCUT2D eigenvalue weighted by Gasteiger charge is 2.27. The van der Waals surface area contributed by atoms with Crippen molar-refractivity contribution in [2.75, 3.05) is 19.8 Å². The van der Waals surface area contributed by atoms with Crippen molar-refractivity contribution < 1.29 is 28.4 Å². The summed E-state index contributed by atoms with van der Waals surface area (Å²) in [5, 5.41) is 13.7. The molecule has 0 aromatic heterocycles. The van der Waals surface area contributed by atoms with Crippen LogP contribution >= 0.6 is 7.82 Å². The maximum absolute atomic E-state index is 12.7. The van der Waals surface area contributed by atoms with Gasteiger partial charge in [-0.05, 0) is 12.8 Å². The lowest BCUT2D eigenvalue weighted by molar-refractivity contribution is -0.123. The first-order valence-corrected chi connectivity index (χ1v) is 20.6. The molecular formula is C36H75N2O6P. The highest BCUT2D eigenvalue weighted by molar-refractivity contribution is 7.47. The molecule has 0 radical (unpaired) electrons. The lowest BCUT2D eigenvalue weighted by Crippen LogP contribution is -2.46. The minimum atomic E-state index is -4.30. The van der Waals surface area contributed by atoms with E-state index in [0.29, 0.717) is 12.8 Å². The minimum absolute atomic E-state index is 0.0921. The van der Waals surface area contributed by atoms with Crippen molar-refractivity contribution in [2.45, 2.75) is 206 Å². The zero-order valence-corrected chi connectivity index (χ0v) is 30.5. The molecule has 0 aromatic carbocycles. The van der Waals surface area contributed by atoms with Crippen molar-refractivity contribution in [2.24, 2.45) is 5.73 Å². The third kappa shape index (κ3) is 31.8. The van der Waals surface area contributed by atoms with Gasteiger partial charge in [0.05, 0.1) is 25.4 Å². The van der Waals surface area contributed by atoms with Crippen molar-refractivity contribution >= 4 is 13.7 Å². The van der Waals surface area contributed by atoms with Gasteiger partial charge in [-0.3, -0.25) is 13.8 Å². The molecule has 0 heterocycles. The lowest BCUT2D eigenvalue weighted by Gasteiger charge is -2.25. The zero-order chi connectivity index (χ0) is 33.3. The Morgan fingerprint density at radius 3 is 1.42 bits per heavy atom. The molecule has 9 heteroatoms. The van der Waals surface area contributed by atoms with Crippen LogP contribution < -0.4 is 11.1 Å². The number of unbranched alkanes of at least 4 members (excludes halogenated alkanes) is 24. The number of carbonyl (C=O) groups excluding carboxylic acids is 1. The second-order valence-electron chi connectivity index (χ2n) is 13.2. The molecule has 5 N–H and O–H groups in total. The first kappa shape index (κ1) is 44.5. The fraction of sp³-hybridized carbons (Fsp3) is 0.972. The zero-order valence-electron chi connectivity index (χ0n) is 29.6. The van der Waals surface area contributed by atoms with Crippen molar-refractivity contribution in [3.8, 4) is 0 Å². The van der Waals surface area contributed by atoms with Crippen molar-refractivity contribution in [1.29, 1.82) is 0 Å². The number of nitrogens with two attached hydrogens (primary N) is 1. The molecule has 0 aliphatic heterocycles. The Balaban J connectivity index is 4.22. The summed E-state index contributed by atoms with van der Waals surface area (Å²) in [6.45, 7) is 4.21. The Kier molecular flexibility index (Phi) is 33.0. The maximum Gasteiger partial charge on any atom is 0.472 e. The second-order valence-corrected chi connectivity index (χ2v) is 14.6. The van der Waals surface area contributed by atoms with E-state index in [-0.39, 0.29) is 25.7 Å². The lowest BCUT2D eigenvalue weighted by atomic mass is 10.0. The molecule has 0 spiro atoms. The van der Waals surface area contributed by atoms with Crippen LogP contribution in [0.2, 0.25) is 0 Å². The fourth-order valence-electron chi connectivity index (χ4n) is 5.78. The van der Waals surface area contributed by atoms with Gasteiger partial charge in [0.15, 0.2) is 0 Å². The molecule has 8 nitrogen and oxygen atoms in total. The summed E-state index contributed by atoms with van der Waals surface area (Å²) in [7, 11) is -4.30. The molecule has 45 heavy (non-hydrogen) atoms. The summed E-state index contributed by atoms with van der Waals surface area (Å²) < 4.78 is 22.1. The van der Waals surface area contributed by atoms with Crippen LogP contribution in [-0.4, -0.2) is 47.8 Å². The quantitative estimate of drug-likeness (QED) is 0.0388. The summed E-state index contributed by atoms with van der Waals surface area (Å²) in [6.07, 6.45) is 32.4. The van der Waals surface area contributed by atoms with Crippen LogP contribution in [0.25, 0.3) is 0 Å². The van der Waals surface area contributed by atoms with Gasteiger partial charge in [0.25, 0.3) is 0 Å². The van der Waals surface area contributed by atoms with Crippen LogP contribution in [0, 0.1) is 0 Å². The van der Waals surface area contributed by atoms with Gasteiger partial charge in [0, 0.05) is 13.0 Å². The predicted molar refractivity (Wildman–Crippen MR) is 189 cm³/mol. The molecule has 3 unspecified atom stereocenters. The molecule has 3 atom stereocenters. The number of amides is 1. The van der Waals surface area contributed by atoms with Crippen LogP contribution in [0.1, 0.15) is 194 Å². The largest absolute Gasteiger partial charge is 0.472 e. The number of hydrogen-bond acceptors (Lipinski definition) is 6. The number of hydrogen-bond donors (Lipinski definition) is 4. The summed E-state index contributed by atoms with van der Waals surface area (Å²) in [4.78, 5) is 22.6. The Bertz CT molecular complexity index is 684. The van der Waals surface area contributed by atoms with Gasteiger partial charge in [0.2, 0.25) is 5.91 Å². The van der Waals surface area contributed by atoms with Gasteiger partial charge in [-0.2, -0.15) is 0 Å². The van der Waals surface area contributed by atoms with Crippen molar-refractivity contribution in [3.05, 3.63) is 0 Å². The summed E-state index contributed by atoms with van der Waals surface area (Å²) in [5.74, 6) is -0.160. The average Bonchev–Trinajstić information content (AvgIpc) is 3.02. The molecule has 0 aliphatic carbocycles. The normalized spacial score (nSPS) is 14.3. The molecule has 0 rings (SSSR count). The van der Waals surface area contributed by atoms with E-state index in [1.165, 1.54) is 128 Å². The first-order valence-electron chi connectivity index (χ1n) is 19.2. The third-order valence-corrected chi connectivity index (χ3v) is 9.70. The summed E-state index contributed by atoms with van der Waals surface area (Å²) in [5.41, 5.74) is 5.36. The van der Waals surface area contributed by atoms with E-state index < -0.39 is 20.0 Å². The maximum atomic E-state index is 12.7. The Labute approximate surface area is 278 Å². The average molecular weight is 663 g/mol. The topological polar surface area (TPSA) is 131 Å². The number of aliphatic hydroxyl groups is 1. The smallest absolute Gasteiger partial charge is 0.391 e.